The molecule has 33 heavy (non-hydrogen) atoms. The van der Waals surface area contributed by atoms with Crippen molar-refractivity contribution >= 4 is 17.9 Å². The van der Waals surface area contributed by atoms with Crippen LogP contribution in [0.1, 0.15) is 38.3 Å². The smallest absolute Gasteiger partial charge is 0.244 e. The number of hydrogen-bond donors (Lipinski definition) is 2. The first-order chi connectivity index (χ1) is 15.8. The van der Waals surface area contributed by atoms with Crippen molar-refractivity contribution < 1.29 is 23.8 Å². The Morgan fingerprint density at radius 2 is 1.70 bits per heavy atom. The lowest BCUT2D eigenvalue weighted by Crippen LogP contribution is -2.44. The third-order valence-corrected chi connectivity index (χ3v) is 4.94. The highest BCUT2D eigenvalue weighted by Gasteiger charge is 2.14. The van der Waals surface area contributed by atoms with Gasteiger partial charge in [-0.15, -0.1) is 0 Å². The monoisotopic (exact) mass is 454 g/mol. The third-order valence-electron chi connectivity index (χ3n) is 4.94. The molecule has 7 heteroatoms. The highest BCUT2D eigenvalue weighted by atomic mass is 16.5. The minimum absolute atomic E-state index is 0.280. The van der Waals surface area contributed by atoms with Crippen LogP contribution in [0.2, 0.25) is 0 Å². The first kappa shape index (κ1) is 25.8. The molecule has 2 aromatic rings. The Labute approximate surface area is 196 Å². The molecule has 0 bridgehead atoms. The predicted octanol–water partition coefficient (Wildman–Crippen LogP) is 3.96. The molecule has 2 amide bonds. The van der Waals surface area contributed by atoms with E-state index >= 15 is 0 Å². The zero-order chi connectivity index (χ0) is 24.2. The van der Waals surface area contributed by atoms with Crippen molar-refractivity contribution in [3.05, 3.63) is 59.7 Å². The van der Waals surface area contributed by atoms with Gasteiger partial charge in [-0.2, -0.15) is 0 Å². The fourth-order valence-electron chi connectivity index (χ4n) is 2.90. The zero-order valence-electron chi connectivity index (χ0n) is 20.0. The molecule has 0 aromatic heterocycles. The van der Waals surface area contributed by atoms with Crippen molar-refractivity contribution in [2.45, 2.75) is 39.8 Å². The standard InChI is InChI=1S/C26H34N2O5/c1-18(2)14-15-33-23-12-8-21(16-24(23)32-5)17-27-26(30)19(3)28-25(29)13-9-20-6-10-22(31-4)11-7-20/h6-13,16,18-19H,14-15,17H2,1-5H3,(H,27,30)(H,28,29). The van der Waals surface area contributed by atoms with Gasteiger partial charge in [0.25, 0.3) is 0 Å². The molecule has 0 heterocycles. The van der Waals surface area contributed by atoms with Crippen LogP contribution >= 0.6 is 0 Å². The summed E-state index contributed by atoms with van der Waals surface area (Å²) >= 11 is 0. The lowest BCUT2D eigenvalue weighted by molar-refractivity contribution is -0.126. The summed E-state index contributed by atoms with van der Waals surface area (Å²) in [5.74, 6) is 1.97. The van der Waals surface area contributed by atoms with Crippen LogP contribution in [0.5, 0.6) is 17.2 Å². The van der Waals surface area contributed by atoms with Gasteiger partial charge in [-0.1, -0.05) is 32.0 Å². The Morgan fingerprint density at radius 3 is 2.33 bits per heavy atom. The summed E-state index contributed by atoms with van der Waals surface area (Å²) in [5, 5.41) is 5.50. The highest BCUT2D eigenvalue weighted by Crippen LogP contribution is 2.28. The van der Waals surface area contributed by atoms with Gasteiger partial charge in [0, 0.05) is 12.6 Å². The SMILES string of the molecule is COc1ccc(C=CC(=O)NC(C)C(=O)NCc2ccc(OCCC(C)C)c(OC)c2)cc1. The van der Waals surface area contributed by atoms with Crippen LogP contribution in [-0.4, -0.2) is 38.7 Å². The summed E-state index contributed by atoms with van der Waals surface area (Å²) < 4.78 is 16.3. The second-order valence-corrected chi connectivity index (χ2v) is 8.07. The molecule has 0 aliphatic carbocycles. The van der Waals surface area contributed by atoms with E-state index < -0.39 is 6.04 Å². The molecule has 0 spiro atoms. The van der Waals surface area contributed by atoms with Gasteiger partial charge in [0.1, 0.15) is 11.8 Å². The Morgan fingerprint density at radius 1 is 0.970 bits per heavy atom. The minimum Gasteiger partial charge on any atom is -0.497 e. The quantitative estimate of drug-likeness (QED) is 0.474. The van der Waals surface area contributed by atoms with Crippen LogP contribution in [0.3, 0.4) is 0 Å². The van der Waals surface area contributed by atoms with Crippen molar-refractivity contribution in [1.82, 2.24) is 10.6 Å². The molecule has 0 aliphatic heterocycles. The second-order valence-electron chi connectivity index (χ2n) is 8.07. The first-order valence-corrected chi connectivity index (χ1v) is 11.0. The van der Waals surface area contributed by atoms with Gasteiger partial charge < -0.3 is 24.8 Å². The Hall–Kier alpha value is -3.48. The number of rotatable bonds is 12. The largest absolute Gasteiger partial charge is 0.497 e. The maximum Gasteiger partial charge on any atom is 0.244 e. The normalized spacial score (nSPS) is 11.8. The molecule has 2 aromatic carbocycles. The number of amides is 2. The lowest BCUT2D eigenvalue weighted by Gasteiger charge is -2.15. The molecule has 0 saturated carbocycles. The number of ether oxygens (including phenoxy) is 3. The first-order valence-electron chi connectivity index (χ1n) is 11.0. The van der Waals surface area contributed by atoms with Crippen molar-refractivity contribution in [3.8, 4) is 17.2 Å². The number of carbonyl (C=O) groups is 2. The van der Waals surface area contributed by atoms with E-state index in [1.165, 1.54) is 6.08 Å². The van der Waals surface area contributed by atoms with Crippen LogP contribution in [0.25, 0.3) is 6.08 Å². The van der Waals surface area contributed by atoms with Crippen LogP contribution in [-0.2, 0) is 16.1 Å². The van der Waals surface area contributed by atoms with Crippen molar-refractivity contribution in [1.29, 1.82) is 0 Å². The average molecular weight is 455 g/mol. The summed E-state index contributed by atoms with van der Waals surface area (Å²) in [4.78, 5) is 24.5. The van der Waals surface area contributed by atoms with Crippen LogP contribution in [0, 0.1) is 5.92 Å². The average Bonchev–Trinajstić information content (AvgIpc) is 2.81. The fraction of sp³-hybridized carbons (Fsp3) is 0.385. The summed E-state index contributed by atoms with van der Waals surface area (Å²) in [5.41, 5.74) is 1.72. The molecule has 2 N–H and O–H groups in total. The van der Waals surface area contributed by atoms with Crippen molar-refractivity contribution in [2.75, 3.05) is 20.8 Å². The topological polar surface area (TPSA) is 85.9 Å². The summed E-state index contributed by atoms with van der Waals surface area (Å²) in [7, 11) is 3.18. The van der Waals surface area contributed by atoms with Gasteiger partial charge in [0.05, 0.1) is 20.8 Å². The molecule has 2 rings (SSSR count). The van der Waals surface area contributed by atoms with Crippen LogP contribution in [0.15, 0.2) is 48.5 Å². The van der Waals surface area contributed by atoms with E-state index in [1.807, 2.05) is 42.5 Å². The number of carbonyl (C=O) groups excluding carboxylic acids is 2. The Bertz CT molecular complexity index is 938. The van der Waals surface area contributed by atoms with E-state index in [0.717, 1.165) is 23.3 Å². The Kier molecular flexibility index (Phi) is 10.3. The van der Waals surface area contributed by atoms with E-state index in [-0.39, 0.29) is 11.8 Å². The summed E-state index contributed by atoms with van der Waals surface area (Å²) in [6.07, 6.45) is 4.03. The van der Waals surface area contributed by atoms with E-state index in [0.29, 0.717) is 30.6 Å². The van der Waals surface area contributed by atoms with E-state index in [1.54, 1.807) is 27.2 Å². The third kappa shape index (κ3) is 8.88. The predicted molar refractivity (Wildman–Crippen MR) is 129 cm³/mol. The molecule has 1 atom stereocenters. The molecular formula is C26H34N2O5. The number of nitrogens with one attached hydrogen (secondary N) is 2. The lowest BCUT2D eigenvalue weighted by atomic mass is 10.1. The number of methoxy groups -OCH3 is 2. The highest BCUT2D eigenvalue weighted by molar-refractivity contribution is 5.95. The maximum atomic E-state index is 12.4. The molecule has 1 unspecified atom stereocenters. The molecule has 0 fully saturated rings. The van der Waals surface area contributed by atoms with Gasteiger partial charge in [-0.3, -0.25) is 9.59 Å². The van der Waals surface area contributed by atoms with E-state index in [9.17, 15) is 9.59 Å². The van der Waals surface area contributed by atoms with Crippen LogP contribution in [0.4, 0.5) is 0 Å². The summed E-state index contributed by atoms with van der Waals surface area (Å²) in [6.45, 7) is 6.86. The molecular weight excluding hydrogens is 420 g/mol. The van der Waals surface area contributed by atoms with Gasteiger partial charge in [0.2, 0.25) is 11.8 Å². The molecule has 0 saturated heterocycles. The van der Waals surface area contributed by atoms with Crippen molar-refractivity contribution in [2.24, 2.45) is 5.92 Å². The van der Waals surface area contributed by atoms with Crippen LogP contribution < -0.4 is 24.8 Å². The molecule has 0 radical (unpaired) electrons. The fourth-order valence-corrected chi connectivity index (χ4v) is 2.90. The molecule has 7 nitrogen and oxygen atoms in total. The molecule has 0 aliphatic rings. The Balaban J connectivity index is 1.83. The zero-order valence-corrected chi connectivity index (χ0v) is 20.0. The number of benzene rings is 2. The van der Waals surface area contributed by atoms with E-state index in [4.69, 9.17) is 14.2 Å². The van der Waals surface area contributed by atoms with Gasteiger partial charge in [-0.05, 0) is 60.7 Å². The van der Waals surface area contributed by atoms with Gasteiger partial charge in [0.15, 0.2) is 11.5 Å². The van der Waals surface area contributed by atoms with E-state index in [2.05, 4.69) is 24.5 Å². The maximum absolute atomic E-state index is 12.4. The summed E-state index contributed by atoms with van der Waals surface area (Å²) in [6, 6.07) is 12.2. The van der Waals surface area contributed by atoms with Crippen molar-refractivity contribution in [3.63, 3.8) is 0 Å². The molecule has 178 valence electrons. The second kappa shape index (κ2) is 13.2. The minimum atomic E-state index is -0.682. The number of hydrogen-bond acceptors (Lipinski definition) is 5. The van der Waals surface area contributed by atoms with Gasteiger partial charge in [-0.25, -0.2) is 0 Å². The van der Waals surface area contributed by atoms with Gasteiger partial charge >= 0.3 is 0 Å².